The van der Waals surface area contributed by atoms with Gasteiger partial charge in [0.1, 0.15) is 5.82 Å². The van der Waals surface area contributed by atoms with E-state index < -0.39 is 0 Å². The summed E-state index contributed by atoms with van der Waals surface area (Å²) in [4.78, 5) is 7.27. The molecule has 0 atom stereocenters. The molecule has 2 N–H and O–H groups in total. The van der Waals surface area contributed by atoms with E-state index in [9.17, 15) is 10.2 Å². The van der Waals surface area contributed by atoms with Crippen LogP contribution in [0.15, 0.2) is 24.3 Å². The van der Waals surface area contributed by atoms with Crippen LogP contribution in [0.5, 0.6) is 17.2 Å². The largest absolute Gasteiger partial charge is 0.504 e. The third kappa shape index (κ3) is 2.43. The number of ether oxygens (including phenoxy) is 2. The van der Waals surface area contributed by atoms with E-state index in [0.29, 0.717) is 18.8 Å². The van der Waals surface area contributed by atoms with Crippen molar-refractivity contribution < 1.29 is 19.7 Å². The van der Waals surface area contributed by atoms with Gasteiger partial charge in [-0.3, -0.25) is 0 Å². The number of benzene rings is 2. The molecule has 0 amide bonds. The lowest BCUT2D eigenvalue weighted by Crippen LogP contribution is -2.36. The van der Waals surface area contributed by atoms with Crippen molar-refractivity contribution in [3.63, 3.8) is 0 Å². The molecule has 0 spiro atoms. The number of nitrogens with zero attached hydrogens (tertiary/aromatic N) is 3. The minimum atomic E-state index is -0.251. The van der Waals surface area contributed by atoms with E-state index in [4.69, 9.17) is 14.5 Å². The molecule has 2 aliphatic heterocycles. The summed E-state index contributed by atoms with van der Waals surface area (Å²) in [6.45, 7) is 5.20. The van der Waals surface area contributed by atoms with Crippen molar-refractivity contribution in [2.24, 2.45) is 0 Å². The predicted molar refractivity (Wildman–Crippen MR) is 106 cm³/mol. The number of aromatic hydroxyl groups is 2. The Balaban J connectivity index is 1.73. The highest BCUT2D eigenvalue weighted by Gasteiger charge is 2.29. The molecular weight excluding hydrogens is 358 g/mol. The molecule has 0 bridgehead atoms. The van der Waals surface area contributed by atoms with Crippen molar-refractivity contribution in [1.29, 1.82) is 0 Å². The van der Waals surface area contributed by atoms with Gasteiger partial charge in [0.05, 0.1) is 37.4 Å². The Morgan fingerprint density at radius 3 is 2.54 bits per heavy atom. The minimum absolute atomic E-state index is 0.181. The Bertz CT molecular complexity index is 1070. The maximum atomic E-state index is 10.4. The zero-order chi connectivity index (χ0) is 19.4. The fourth-order valence-electron chi connectivity index (χ4n) is 3.91. The van der Waals surface area contributed by atoms with Crippen molar-refractivity contribution >= 4 is 16.7 Å². The lowest BCUT2D eigenvalue weighted by Gasteiger charge is -2.33. The number of anilines is 1. The van der Waals surface area contributed by atoms with Crippen molar-refractivity contribution in [1.82, 2.24) is 9.55 Å². The SMILES string of the molecule is COc1cc(-c2nc3cc(N4CCC4)ccc3n2C2COC2)c(C)c(O)c1O. The average molecular weight is 381 g/mol. The molecule has 1 aromatic heterocycles. The van der Waals surface area contributed by atoms with Crippen LogP contribution in [-0.2, 0) is 4.74 Å². The van der Waals surface area contributed by atoms with Gasteiger partial charge in [-0.25, -0.2) is 4.98 Å². The van der Waals surface area contributed by atoms with E-state index in [-0.39, 0.29) is 23.3 Å². The maximum absolute atomic E-state index is 10.4. The number of aromatic nitrogens is 2. The number of methoxy groups -OCH3 is 1. The van der Waals surface area contributed by atoms with Gasteiger partial charge in [0.15, 0.2) is 11.5 Å². The molecule has 3 heterocycles. The van der Waals surface area contributed by atoms with Crippen molar-refractivity contribution in [2.45, 2.75) is 19.4 Å². The van der Waals surface area contributed by atoms with Crippen LogP contribution >= 0.6 is 0 Å². The van der Waals surface area contributed by atoms with Crippen LogP contribution in [0.2, 0.25) is 0 Å². The van der Waals surface area contributed by atoms with Crippen LogP contribution in [0.4, 0.5) is 5.69 Å². The van der Waals surface area contributed by atoms with Gasteiger partial charge in [0.2, 0.25) is 5.75 Å². The van der Waals surface area contributed by atoms with E-state index >= 15 is 0 Å². The smallest absolute Gasteiger partial charge is 0.200 e. The second kappa shape index (κ2) is 6.31. The number of phenolic OH excluding ortho intramolecular Hbond substituents is 2. The van der Waals surface area contributed by atoms with Crippen molar-refractivity contribution in [3.05, 3.63) is 29.8 Å². The second-order valence-corrected chi connectivity index (χ2v) is 7.46. The van der Waals surface area contributed by atoms with Crippen molar-refractivity contribution in [3.8, 4) is 28.6 Å². The van der Waals surface area contributed by atoms with Crippen LogP contribution in [0.25, 0.3) is 22.4 Å². The van der Waals surface area contributed by atoms with E-state index in [1.54, 1.807) is 13.0 Å². The normalized spacial score (nSPS) is 16.9. The Morgan fingerprint density at radius 2 is 1.93 bits per heavy atom. The topological polar surface area (TPSA) is 80.0 Å². The van der Waals surface area contributed by atoms with Gasteiger partial charge in [-0.1, -0.05) is 0 Å². The fourth-order valence-corrected chi connectivity index (χ4v) is 3.91. The third-order valence-electron chi connectivity index (χ3n) is 5.83. The first-order valence-corrected chi connectivity index (χ1v) is 9.53. The monoisotopic (exact) mass is 381 g/mol. The molecule has 0 unspecified atom stereocenters. The molecule has 7 heteroatoms. The summed E-state index contributed by atoms with van der Waals surface area (Å²) in [5, 5.41) is 20.5. The summed E-state index contributed by atoms with van der Waals surface area (Å²) in [5.41, 5.74) is 4.44. The van der Waals surface area contributed by atoms with E-state index in [2.05, 4.69) is 27.7 Å². The van der Waals surface area contributed by atoms with Gasteiger partial charge >= 0.3 is 0 Å². The molecule has 3 aromatic rings. The molecule has 5 rings (SSSR count). The molecule has 7 nitrogen and oxygen atoms in total. The second-order valence-electron chi connectivity index (χ2n) is 7.46. The van der Waals surface area contributed by atoms with Crippen LogP contribution in [0.1, 0.15) is 18.0 Å². The van der Waals surface area contributed by atoms with Crippen LogP contribution in [-0.4, -0.2) is 53.2 Å². The minimum Gasteiger partial charge on any atom is -0.504 e. The number of fused-ring (bicyclic) bond motifs is 1. The van der Waals surface area contributed by atoms with E-state index in [0.717, 1.165) is 35.5 Å². The number of rotatable bonds is 4. The first kappa shape index (κ1) is 17.2. The Kier molecular flexibility index (Phi) is 3.87. The summed E-state index contributed by atoms with van der Waals surface area (Å²) >= 11 is 0. The zero-order valence-corrected chi connectivity index (χ0v) is 16.0. The summed E-state index contributed by atoms with van der Waals surface area (Å²) in [7, 11) is 1.47. The van der Waals surface area contributed by atoms with E-state index in [1.165, 1.54) is 19.2 Å². The molecule has 2 aliphatic rings. The van der Waals surface area contributed by atoms with Crippen LogP contribution in [0, 0.1) is 6.92 Å². The summed E-state index contributed by atoms with van der Waals surface area (Å²) in [6.07, 6.45) is 1.23. The molecule has 2 saturated heterocycles. The van der Waals surface area contributed by atoms with Gasteiger partial charge in [-0.2, -0.15) is 0 Å². The first-order chi connectivity index (χ1) is 13.6. The summed E-state index contributed by atoms with van der Waals surface area (Å²) in [6, 6.07) is 8.31. The zero-order valence-electron chi connectivity index (χ0n) is 16.0. The molecule has 0 radical (unpaired) electrons. The standard InChI is InChI=1S/C21H23N3O4/c1-12-15(9-18(27-2)20(26)19(12)25)21-22-16-8-13(23-6-3-7-23)4-5-17(16)24(21)14-10-28-11-14/h4-5,8-9,14,25-26H,3,6-7,10-11H2,1-2H3. The Hall–Kier alpha value is -2.93. The first-order valence-electron chi connectivity index (χ1n) is 9.53. The van der Waals surface area contributed by atoms with Crippen LogP contribution in [0.3, 0.4) is 0 Å². The number of phenols is 2. The van der Waals surface area contributed by atoms with Gasteiger partial charge in [-0.05, 0) is 37.6 Å². The van der Waals surface area contributed by atoms with Crippen molar-refractivity contribution in [2.75, 3.05) is 38.3 Å². The van der Waals surface area contributed by atoms with Gasteiger partial charge < -0.3 is 29.2 Å². The lowest BCUT2D eigenvalue weighted by molar-refractivity contribution is -0.0209. The highest BCUT2D eigenvalue weighted by molar-refractivity contribution is 5.86. The molecule has 2 fully saturated rings. The van der Waals surface area contributed by atoms with Gasteiger partial charge in [0, 0.05) is 29.9 Å². The molecular formula is C21H23N3O4. The molecule has 146 valence electrons. The van der Waals surface area contributed by atoms with E-state index in [1.807, 2.05) is 0 Å². The molecule has 28 heavy (non-hydrogen) atoms. The molecule has 0 aliphatic carbocycles. The maximum Gasteiger partial charge on any atom is 0.200 e. The number of imidazole rings is 1. The van der Waals surface area contributed by atoms with Gasteiger partial charge in [-0.15, -0.1) is 0 Å². The predicted octanol–water partition coefficient (Wildman–Crippen LogP) is 3.21. The lowest BCUT2D eigenvalue weighted by atomic mass is 10.0. The highest BCUT2D eigenvalue weighted by atomic mass is 16.5. The summed E-state index contributed by atoms with van der Waals surface area (Å²) in [5.74, 6) is 0.538. The third-order valence-corrected chi connectivity index (χ3v) is 5.83. The number of hydrogen-bond donors (Lipinski definition) is 2. The van der Waals surface area contributed by atoms with Gasteiger partial charge in [0.25, 0.3) is 0 Å². The Morgan fingerprint density at radius 1 is 1.14 bits per heavy atom. The van der Waals surface area contributed by atoms with Crippen LogP contribution < -0.4 is 9.64 Å². The Labute approximate surface area is 162 Å². The molecule has 2 aromatic carbocycles. The summed E-state index contributed by atoms with van der Waals surface area (Å²) < 4.78 is 12.9. The highest BCUT2D eigenvalue weighted by Crippen LogP contribution is 2.44. The quantitative estimate of drug-likeness (QED) is 0.676. The molecule has 0 saturated carbocycles. The number of hydrogen-bond acceptors (Lipinski definition) is 6. The fraction of sp³-hybridized carbons (Fsp3) is 0.381. The average Bonchev–Trinajstić information content (AvgIpc) is 2.96.